The summed E-state index contributed by atoms with van der Waals surface area (Å²) in [7, 11) is 3.93. The zero-order chi connectivity index (χ0) is 18.1. The Bertz CT molecular complexity index is 680. The van der Waals surface area contributed by atoms with Gasteiger partial charge in [-0.3, -0.25) is 4.99 Å². The molecule has 0 unspecified atom stereocenters. The summed E-state index contributed by atoms with van der Waals surface area (Å²) in [5, 5.41) is 7.79. The standard InChI is InChI=1S/C19H29N5S/c1-5-17-12-21-18(25-17)13-23-19(20-3)22-11-15-8-7-9-16(10-15)14-24(4)6-2/h7-10,12H,5-6,11,13-14H2,1-4H3,(H2,20,22,23). The Hall–Kier alpha value is -1.92. The third-order valence-corrected chi connectivity index (χ3v) is 5.17. The van der Waals surface area contributed by atoms with Gasteiger partial charge in [0.05, 0.1) is 6.54 Å². The molecule has 6 heteroatoms. The number of hydrogen-bond donors (Lipinski definition) is 2. The van der Waals surface area contributed by atoms with Crippen LogP contribution in [0.2, 0.25) is 0 Å². The summed E-state index contributed by atoms with van der Waals surface area (Å²) in [6, 6.07) is 8.69. The van der Waals surface area contributed by atoms with Gasteiger partial charge < -0.3 is 15.5 Å². The van der Waals surface area contributed by atoms with E-state index in [2.05, 4.69) is 70.7 Å². The van der Waals surface area contributed by atoms with Crippen molar-refractivity contribution in [3.8, 4) is 0 Å². The second-order valence-electron chi connectivity index (χ2n) is 6.00. The van der Waals surface area contributed by atoms with E-state index in [1.165, 1.54) is 16.0 Å². The number of aromatic nitrogens is 1. The Morgan fingerprint density at radius 2 is 1.96 bits per heavy atom. The third-order valence-electron chi connectivity index (χ3n) is 4.02. The van der Waals surface area contributed by atoms with Crippen molar-refractivity contribution in [1.82, 2.24) is 20.5 Å². The summed E-state index contributed by atoms with van der Waals surface area (Å²) in [6.07, 6.45) is 2.99. The van der Waals surface area contributed by atoms with Gasteiger partial charge >= 0.3 is 0 Å². The molecule has 5 nitrogen and oxygen atoms in total. The Labute approximate surface area is 155 Å². The number of thiazole rings is 1. The molecule has 0 saturated heterocycles. The molecule has 0 saturated carbocycles. The zero-order valence-electron chi connectivity index (χ0n) is 15.7. The van der Waals surface area contributed by atoms with Crippen molar-refractivity contribution in [1.29, 1.82) is 0 Å². The molecule has 136 valence electrons. The summed E-state index contributed by atoms with van der Waals surface area (Å²) in [5.74, 6) is 0.796. The van der Waals surface area contributed by atoms with E-state index in [4.69, 9.17) is 0 Å². The van der Waals surface area contributed by atoms with Gasteiger partial charge in [0.15, 0.2) is 5.96 Å². The van der Waals surface area contributed by atoms with E-state index in [1.807, 2.05) is 6.20 Å². The smallest absolute Gasteiger partial charge is 0.191 e. The fourth-order valence-corrected chi connectivity index (χ4v) is 3.22. The number of aryl methyl sites for hydroxylation is 1. The van der Waals surface area contributed by atoms with Gasteiger partial charge in [-0.15, -0.1) is 11.3 Å². The normalized spacial score (nSPS) is 11.8. The molecule has 2 aromatic rings. The van der Waals surface area contributed by atoms with Gasteiger partial charge in [-0.05, 0) is 31.1 Å². The first kappa shape index (κ1) is 19.4. The molecule has 0 bridgehead atoms. The molecule has 0 atom stereocenters. The number of rotatable bonds is 8. The highest BCUT2D eigenvalue weighted by Gasteiger charge is 2.04. The molecule has 0 aliphatic rings. The quantitative estimate of drug-likeness (QED) is 0.562. The minimum Gasteiger partial charge on any atom is -0.352 e. The Balaban J connectivity index is 1.84. The predicted octanol–water partition coefficient (Wildman–Crippen LogP) is 3.02. The fraction of sp³-hybridized carbons (Fsp3) is 0.474. The number of nitrogens with zero attached hydrogens (tertiary/aromatic N) is 3. The van der Waals surface area contributed by atoms with Gasteiger partial charge in [0, 0.05) is 31.2 Å². The highest BCUT2D eigenvalue weighted by molar-refractivity contribution is 7.11. The average Bonchev–Trinajstić information content (AvgIpc) is 3.10. The lowest BCUT2D eigenvalue weighted by molar-refractivity contribution is 0.345. The molecule has 0 fully saturated rings. The molecule has 0 spiro atoms. The molecule has 0 amide bonds. The lowest BCUT2D eigenvalue weighted by Gasteiger charge is -2.15. The van der Waals surface area contributed by atoms with Crippen molar-refractivity contribution in [3.63, 3.8) is 0 Å². The van der Waals surface area contributed by atoms with Crippen LogP contribution in [0.15, 0.2) is 35.5 Å². The average molecular weight is 360 g/mol. The molecule has 0 radical (unpaired) electrons. The van der Waals surface area contributed by atoms with Crippen molar-refractivity contribution < 1.29 is 0 Å². The topological polar surface area (TPSA) is 52.6 Å². The van der Waals surface area contributed by atoms with Crippen LogP contribution in [0.5, 0.6) is 0 Å². The van der Waals surface area contributed by atoms with Gasteiger partial charge in [0.25, 0.3) is 0 Å². The van der Waals surface area contributed by atoms with E-state index in [1.54, 1.807) is 18.4 Å². The van der Waals surface area contributed by atoms with Crippen molar-refractivity contribution >= 4 is 17.3 Å². The maximum atomic E-state index is 4.43. The maximum absolute atomic E-state index is 4.43. The van der Waals surface area contributed by atoms with Crippen LogP contribution >= 0.6 is 11.3 Å². The summed E-state index contributed by atoms with van der Waals surface area (Å²) < 4.78 is 0. The van der Waals surface area contributed by atoms with Crippen molar-refractivity contribution in [2.45, 2.75) is 39.9 Å². The number of benzene rings is 1. The maximum Gasteiger partial charge on any atom is 0.191 e. The van der Waals surface area contributed by atoms with E-state index >= 15 is 0 Å². The molecule has 25 heavy (non-hydrogen) atoms. The summed E-state index contributed by atoms with van der Waals surface area (Å²) in [6.45, 7) is 7.80. The van der Waals surface area contributed by atoms with Gasteiger partial charge in [-0.1, -0.05) is 38.1 Å². The molecule has 1 aromatic heterocycles. The molecule has 0 aliphatic carbocycles. The molecule has 1 heterocycles. The number of aliphatic imine (C=N–C) groups is 1. The van der Waals surface area contributed by atoms with Crippen LogP contribution in [0, 0.1) is 0 Å². The van der Waals surface area contributed by atoms with Crippen LogP contribution in [0.1, 0.15) is 34.9 Å². The highest BCUT2D eigenvalue weighted by Crippen LogP contribution is 2.12. The second kappa shape index (κ2) is 10.2. The van der Waals surface area contributed by atoms with E-state index < -0.39 is 0 Å². The summed E-state index contributed by atoms with van der Waals surface area (Å²) in [4.78, 5) is 12.3. The Morgan fingerprint density at radius 3 is 2.64 bits per heavy atom. The van der Waals surface area contributed by atoms with E-state index in [9.17, 15) is 0 Å². The van der Waals surface area contributed by atoms with Crippen LogP contribution in [0.3, 0.4) is 0 Å². The van der Waals surface area contributed by atoms with Crippen LogP contribution in [0.25, 0.3) is 0 Å². The number of nitrogens with one attached hydrogen (secondary N) is 2. The van der Waals surface area contributed by atoms with Crippen LogP contribution in [-0.4, -0.2) is 36.5 Å². The number of guanidine groups is 1. The van der Waals surface area contributed by atoms with Gasteiger partial charge in [-0.2, -0.15) is 0 Å². The van der Waals surface area contributed by atoms with Crippen LogP contribution < -0.4 is 10.6 Å². The van der Waals surface area contributed by atoms with Crippen LogP contribution in [-0.2, 0) is 26.1 Å². The van der Waals surface area contributed by atoms with E-state index in [0.29, 0.717) is 6.54 Å². The molecular formula is C19H29N5S. The fourth-order valence-electron chi connectivity index (χ4n) is 2.42. The van der Waals surface area contributed by atoms with Crippen LogP contribution in [0.4, 0.5) is 0 Å². The van der Waals surface area contributed by atoms with Gasteiger partial charge in [0.2, 0.25) is 0 Å². The molecule has 2 N–H and O–H groups in total. The molecule has 1 aromatic carbocycles. The Kier molecular flexibility index (Phi) is 7.88. The van der Waals surface area contributed by atoms with Crippen molar-refractivity contribution in [2.24, 2.45) is 4.99 Å². The molecule has 2 rings (SSSR count). The van der Waals surface area contributed by atoms with E-state index in [0.717, 1.165) is 37.0 Å². The van der Waals surface area contributed by atoms with Gasteiger partial charge in [0.1, 0.15) is 5.01 Å². The number of hydrogen-bond acceptors (Lipinski definition) is 4. The SMILES string of the molecule is CCc1cnc(CNC(=NC)NCc2cccc(CN(C)CC)c2)s1. The lowest BCUT2D eigenvalue weighted by atomic mass is 10.1. The van der Waals surface area contributed by atoms with Gasteiger partial charge in [-0.25, -0.2) is 4.98 Å². The van der Waals surface area contributed by atoms with E-state index in [-0.39, 0.29) is 0 Å². The minimum atomic E-state index is 0.700. The highest BCUT2D eigenvalue weighted by atomic mass is 32.1. The Morgan fingerprint density at radius 1 is 1.20 bits per heavy atom. The minimum absolute atomic E-state index is 0.700. The lowest BCUT2D eigenvalue weighted by Crippen LogP contribution is -2.36. The zero-order valence-corrected chi connectivity index (χ0v) is 16.5. The molecule has 0 aliphatic heterocycles. The van der Waals surface area contributed by atoms with Crippen molar-refractivity contribution in [2.75, 3.05) is 20.6 Å². The monoisotopic (exact) mass is 359 g/mol. The first-order valence-electron chi connectivity index (χ1n) is 8.79. The molecular weight excluding hydrogens is 330 g/mol. The summed E-state index contributed by atoms with van der Waals surface area (Å²) in [5.41, 5.74) is 2.59. The largest absolute Gasteiger partial charge is 0.352 e. The third kappa shape index (κ3) is 6.48. The second-order valence-corrected chi connectivity index (χ2v) is 7.20. The van der Waals surface area contributed by atoms with Crippen molar-refractivity contribution in [3.05, 3.63) is 51.5 Å². The summed E-state index contributed by atoms with van der Waals surface area (Å²) >= 11 is 1.75. The first-order chi connectivity index (χ1) is 12.1. The predicted molar refractivity (Wildman–Crippen MR) is 107 cm³/mol. The first-order valence-corrected chi connectivity index (χ1v) is 9.60.